The molecule has 2 saturated heterocycles. The molecule has 3 N–H and O–H groups in total. The smallest absolute Gasteiger partial charge is 0.220 e. The minimum atomic E-state index is -0.128. The van der Waals surface area contributed by atoms with Crippen molar-refractivity contribution in [2.24, 2.45) is 23.5 Å². The van der Waals surface area contributed by atoms with Gasteiger partial charge >= 0.3 is 0 Å². The van der Waals surface area contributed by atoms with Crippen molar-refractivity contribution in [3.05, 3.63) is 0 Å². The third-order valence-corrected chi connectivity index (χ3v) is 6.61. The minimum Gasteiger partial charge on any atom is -0.377 e. The van der Waals surface area contributed by atoms with E-state index in [9.17, 15) is 4.79 Å². The Balaban J connectivity index is 1.24. The van der Waals surface area contributed by atoms with E-state index in [1.807, 2.05) is 0 Å². The molecule has 144 valence electrons. The van der Waals surface area contributed by atoms with Gasteiger partial charge in [0.2, 0.25) is 5.91 Å². The van der Waals surface area contributed by atoms with Gasteiger partial charge in [0.15, 0.2) is 0 Å². The molecule has 1 aliphatic carbocycles. The van der Waals surface area contributed by atoms with Crippen LogP contribution >= 0.6 is 0 Å². The predicted octanol–water partition coefficient (Wildman–Crippen LogP) is 2.15. The predicted molar refractivity (Wildman–Crippen MR) is 100 cm³/mol. The molecule has 3 aliphatic rings. The maximum absolute atomic E-state index is 11.2. The average molecular weight is 352 g/mol. The Labute approximate surface area is 153 Å². The van der Waals surface area contributed by atoms with Gasteiger partial charge in [-0.2, -0.15) is 0 Å². The number of nitrogens with two attached hydrogens (primary N) is 1. The van der Waals surface area contributed by atoms with Crippen LogP contribution in [-0.4, -0.2) is 56.2 Å². The van der Waals surface area contributed by atoms with E-state index in [-0.39, 0.29) is 11.8 Å². The maximum atomic E-state index is 11.2. The van der Waals surface area contributed by atoms with Crippen LogP contribution in [0.25, 0.3) is 0 Å². The van der Waals surface area contributed by atoms with Gasteiger partial charge in [-0.05, 0) is 95.8 Å². The lowest BCUT2D eigenvalue weighted by atomic mass is 9.80. The van der Waals surface area contributed by atoms with Crippen LogP contribution in [0.5, 0.6) is 0 Å². The summed E-state index contributed by atoms with van der Waals surface area (Å²) in [5.74, 6) is 1.81. The minimum absolute atomic E-state index is 0.0896. The number of nitrogens with zero attached hydrogens (tertiary/aromatic N) is 1. The molecule has 5 heteroatoms. The molecule has 1 unspecified atom stereocenters. The standard InChI is InChI=1S/C20H37N3O2/c21-20(24)18-7-10-23(11-8-18)12-13-25-19-5-3-16(4-6-19)14-17-2-1-9-22-15-17/h16-19,22H,1-15H2,(H2,21,24). The summed E-state index contributed by atoms with van der Waals surface area (Å²) in [5.41, 5.74) is 5.39. The highest BCUT2D eigenvalue weighted by Gasteiger charge is 2.26. The number of amides is 1. The molecule has 1 saturated carbocycles. The highest BCUT2D eigenvalue weighted by atomic mass is 16.5. The highest BCUT2D eigenvalue weighted by molar-refractivity contribution is 5.76. The molecule has 1 amide bonds. The van der Waals surface area contributed by atoms with E-state index in [2.05, 4.69) is 10.2 Å². The Kier molecular flexibility index (Phi) is 7.56. The third-order valence-electron chi connectivity index (χ3n) is 6.61. The number of carbonyl (C=O) groups is 1. The Hall–Kier alpha value is -0.650. The fraction of sp³-hybridized carbons (Fsp3) is 0.950. The first kappa shape index (κ1) is 19.1. The van der Waals surface area contributed by atoms with Crippen molar-refractivity contribution >= 4 is 5.91 Å². The Morgan fingerprint density at radius 3 is 2.44 bits per heavy atom. The summed E-state index contributed by atoms with van der Waals surface area (Å²) in [6.07, 6.45) is 11.7. The summed E-state index contributed by atoms with van der Waals surface area (Å²) < 4.78 is 6.15. The van der Waals surface area contributed by atoms with Crippen molar-refractivity contribution < 1.29 is 9.53 Å². The molecule has 2 aliphatic heterocycles. The van der Waals surface area contributed by atoms with Gasteiger partial charge in [-0.3, -0.25) is 4.79 Å². The quantitative estimate of drug-likeness (QED) is 0.737. The molecule has 0 bridgehead atoms. The van der Waals surface area contributed by atoms with E-state index in [0.717, 1.165) is 50.9 Å². The normalized spacial score (nSPS) is 32.6. The van der Waals surface area contributed by atoms with Crippen LogP contribution in [0, 0.1) is 17.8 Å². The molecule has 0 spiro atoms. The molecule has 3 fully saturated rings. The Morgan fingerprint density at radius 1 is 1.04 bits per heavy atom. The van der Waals surface area contributed by atoms with Crippen molar-refractivity contribution in [1.29, 1.82) is 0 Å². The van der Waals surface area contributed by atoms with E-state index in [1.54, 1.807) is 0 Å². The second-order valence-electron chi connectivity index (χ2n) is 8.48. The molecule has 0 aromatic carbocycles. The van der Waals surface area contributed by atoms with Gasteiger partial charge in [0.05, 0.1) is 12.7 Å². The zero-order valence-corrected chi connectivity index (χ0v) is 15.8. The summed E-state index contributed by atoms with van der Waals surface area (Å²) in [6, 6.07) is 0. The summed E-state index contributed by atoms with van der Waals surface area (Å²) >= 11 is 0. The van der Waals surface area contributed by atoms with Crippen molar-refractivity contribution in [3.8, 4) is 0 Å². The number of ether oxygens (including phenoxy) is 1. The molecular weight excluding hydrogens is 314 g/mol. The summed E-state index contributed by atoms with van der Waals surface area (Å²) in [6.45, 7) is 6.26. The number of nitrogens with one attached hydrogen (secondary N) is 1. The van der Waals surface area contributed by atoms with Crippen LogP contribution in [0.1, 0.15) is 57.8 Å². The lowest BCUT2D eigenvalue weighted by molar-refractivity contribution is -0.123. The molecular formula is C20H37N3O2. The molecule has 0 radical (unpaired) electrons. The van der Waals surface area contributed by atoms with Crippen molar-refractivity contribution in [1.82, 2.24) is 10.2 Å². The molecule has 0 aromatic rings. The first-order chi connectivity index (χ1) is 12.2. The fourth-order valence-electron chi connectivity index (χ4n) is 4.92. The van der Waals surface area contributed by atoms with Crippen LogP contribution in [0.4, 0.5) is 0 Å². The van der Waals surface area contributed by atoms with Gasteiger partial charge in [-0.25, -0.2) is 0 Å². The second-order valence-corrected chi connectivity index (χ2v) is 8.48. The average Bonchev–Trinajstić information content (AvgIpc) is 2.64. The number of hydrogen-bond acceptors (Lipinski definition) is 4. The molecule has 3 rings (SSSR count). The highest BCUT2D eigenvalue weighted by Crippen LogP contribution is 2.32. The SMILES string of the molecule is NC(=O)C1CCN(CCOC2CCC(CC3CCCNC3)CC2)CC1. The molecule has 1 atom stereocenters. The van der Waals surface area contributed by atoms with E-state index in [1.165, 1.54) is 58.0 Å². The number of likely N-dealkylation sites (tertiary alicyclic amines) is 1. The lowest BCUT2D eigenvalue weighted by Gasteiger charge is -2.33. The molecule has 0 aromatic heterocycles. The molecule has 25 heavy (non-hydrogen) atoms. The van der Waals surface area contributed by atoms with Crippen molar-refractivity contribution in [2.75, 3.05) is 39.3 Å². The third kappa shape index (κ3) is 6.22. The van der Waals surface area contributed by atoms with Gasteiger partial charge in [0.25, 0.3) is 0 Å². The van der Waals surface area contributed by atoms with E-state index in [0.29, 0.717) is 6.10 Å². The summed E-state index contributed by atoms with van der Waals surface area (Å²) in [5, 5.41) is 3.55. The Bertz CT molecular complexity index is 396. The first-order valence-corrected chi connectivity index (χ1v) is 10.5. The lowest BCUT2D eigenvalue weighted by Crippen LogP contribution is -2.40. The van der Waals surface area contributed by atoms with E-state index < -0.39 is 0 Å². The monoisotopic (exact) mass is 351 g/mol. The number of primary amides is 1. The van der Waals surface area contributed by atoms with Gasteiger partial charge < -0.3 is 20.7 Å². The Morgan fingerprint density at radius 2 is 1.80 bits per heavy atom. The van der Waals surface area contributed by atoms with Crippen molar-refractivity contribution in [3.63, 3.8) is 0 Å². The molecule has 2 heterocycles. The number of piperidine rings is 2. The number of carbonyl (C=O) groups excluding carboxylic acids is 1. The van der Waals surface area contributed by atoms with E-state index >= 15 is 0 Å². The largest absolute Gasteiger partial charge is 0.377 e. The fourth-order valence-corrected chi connectivity index (χ4v) is 4.92. The summed E-state index contributed by atoms with van der Waals surface area (Å²) in [4.78, 5) is 13.6. The van der Waals surface area contributed by atoms with Crippen LogP contribution in [0.15, 0.2) is 0 Å². The first-order valence-electron chi connectivity index (χ1n) is 10.5. The zero-order valence-electron chi connectivity index (χ0n) is 15.8. The van der Waals surface area contributed by atoms with Crippen LogP contribution in [0.2, 0.25) is 0 Å². The van der Waals surface area contributed by atoms with Crippen molar-refractivity contribution in [2.45, 2.75) is 63.9 Å². The van der Waals surface area contributed by atoms with E-state index in [4.69, 9.17) is 10.5 Å². The van der Waals surface area contributed by atoms with Gasteiger partial charge in [-0.15, -0.1) is 0 Å². The van der Waals surface area contributed by atoms with Crippen LogP contribution in [-0.2, 0) is 9.53 Å². The second kappa shape index (κ2) is 9.89. The van der Waals surface area contributed by atoms with Crippen LogP contribution < -0.4 is 11.1 Å². The number of hydrogen-bond donors (Lipinski definition) is 2. The van der Waals surface area contributed by atoms with Gasteiger partial charge in [-0.1, -0.05) is 0 Å². The molecule has 5 nitrogen and oxygen atoms in total. The maximum Gasteiger partial charge on any atom is 0.220 e. The zero-order chi connectivity index (χ0) is 17.5. The number of rotatable bonds is 7. The van der Waals surface area contributed by atoms with Crippen LogP contribution in [0.3, 0.4) is 0 Å². The van der Waals surface area contributed by atoms with Gasteiger partial charge in [0, 0.05) is 12.5 Å². The summed E-state index contributed by atoms with van der Waals surface area (Å²) in [7, 11) is 0. The van der Waals surface area contributed by atoms with Gasteiger partial charge in [0.1, 0.15) is 0 Å². The topological polar surface area (TPSA) is 67.6 Å².